The first-order chi connectivity index (χ1) is 32.0. The summed E-state index contributed by atoms with van der Waals surface area (Å²) in [7, 11) is -14.3. The number of aryl methyl sites for hydroxylation is 2. The van der Waals surface area contributed by atoms with Gasteiger partial charge in [0.2, 0.25) is 5.90 Å². The van der Waals surface area contributed by atoms with Crippen molar-refractivity contribution in [3.05, 3.63) is 138 Å². The molecular weight excluding hydrogens is 1010 g/mol. The topological polar surface area (TPSA) is 361 Å². The first-order valence-corrected chi connectivity index (χ1v) is 23.5. The minimum absolute atomic E-state index is 0. The van der Waals surface area contributed by atoms with E-state index < -0.39 is 68.0 Å². The number of aliphatic hydroxyl groups excluding tert-OH is 1. The van der Waals surface area contributed by atoms with Crippen molar-refractivity contribution in [3.63, 3.8) is 0 Å². The number of hydrogen-bond donors (Lipinski definition) is 5. The average molecular weight is 1040 g/mol. The van der Waals surface area contributed by atoms with E-state index in [1.807, 2.05) is 0 Å². The quantitative estimate of drug-likeness (QED) is 0.0236. The Morgan fingerprint density at radius 2 is 0.971 bits per heavy atom. The summed E-state index contributed by atoms with van der Waals surface area (Å²) < 4.78 is 98.7. The van der Waals surface area contributed by atoms with E-state index >= 15 is 0 Å². The maximum atomic E-state index is 12.5. The van der Waals surface area contributed by atoms with E-state index in [2.05, 4.69) is 45.9 Å². The summed E-state index contributed by atoms with van der Waals surface area (Å²) in [6.45, 7) is 3.53. The van der Waals surface area contributed by atoms with Crippen LogP contribution < -0.4 is 10.2 Å². The molecule has 355 valence electrons. The number of phenols is 1. The SMILES string of the molecule is Cc1cc(N=Nc2ccc(N=C(O)c3ccc(N=Nc4cc(N=Nc5cc(S(=O)(=O)O)ccc5[O-])c(O)cc4[O-])cc3)cc2C)ccc1N=Nc1ccc2cc(S(=O)(=O)O)cc(S(=O)(=O)O)c2c1.[Cu+2]. The van der Waals surface area contributed by atoms with Crippen LogP contribution in [0, 0.1) is 13.8 Å². The second-order valence-electron chi connectivity index (χ2n) is 14.4. The predicted octanol–water partition coefficient (Wildman–Crippen LogP) is 10.3. The monoisotopic (exact) mass is 1040 g/mol. The van der Waals surface area contributed by atoms with Crippen LogP contribution in [-0.4, -0.2) is 55.0 Å². The van der Waals surface area contributed by atoms with Crippen LogP contribution in [0.5, 0.6) is 17.2 Å². The van der Waals surface area contributed by atoms with Gasteiger partial charge < -0.3 is 20.4 Å². The summed E-state index contributed by atoms with van der Waals surface area (Å²) in [4.78, 5) is 2.23. The Labute approximate surface area is 402 Å². The van der Waals surface area contributed by atoms with Crippen molar-refractivity contribution in [3.8, 4) is 17.2 Å². The predicted molar refractivity (Wildman–Crippen MR) is 241 cm³/mol. The molecule has 0 aliphatic rings. The molecule has 5 N–H and O–H groups in total. The molecule has 22 nitrogen and oxygen atoms in total. The molecule has 0 unspecified atom stereocenters. The van der Waals surface area contributed by atoms with E-state index in [-0.39, 0.29) is 56.5 Å². The Morgan fingerprint density at radius 3 is 1.58 bits per heavy atom. The van der Waals surface area contributed by atoms with Gasteiger partial charge in [0, 0.05) is 10.9 Å². The van der Waals surface area contributed by atoms with Crippen LogP contribution >= 0.6 is 0 Å². The minimum atomic E-state index is -4.89. The smallest absolute Gasteiger partial charge is 0.871 e. The molecule has 0 aromatic heterocycles. The molecule has 0 aliphatic heterocycles. The van der Waals surface area contributed by atoms with Gasteiger partial charge in [-0.25, -0.2) is 4.99 Å². The van der Waals surface area contributed by atoms with E-state index in [1.165, 1.54) is 42.5 Å². The average Bonchev–Trinajstić information content (AvgIpc) is 3.27. The fourth-order valence-electron chi connectivity index (χ4n) is 6.09. The summed E-state index contributed by atoms with van der Waals surface area (Å²) in [5, 5.41) is 78.0. The molecule has 0 bridgehead atoms. The normalized spacial score (nSPS) is 12.7. The molecule has 26 heteroatoms. The van der Waals surface area contributed by atoms with Gasteiger partial charge in [0.25, 0.3) is 30.4 Å². The van der Waals surface area contributed by atoms with Gasteiger partial charge in [-0.3, -0.25) is 13.7 Å². The second kappa shape index (κ2) is 20.3. The van der Waals surface area contributed by atoms with Crippen LogP contribution in [0.25, 0.3) is 10.8 Å². The van der Waals surface area contributed by atoms with E-state index in [4.69, 9.17) is 0 Å². The number of nitrogens with zero attached hydrogens (tertiary/aromatic N) is 9. The van der Waals surface area contributed by atoms with Crippen molar-refractivity contribution in [2.24, 2.45) is 45.9 Å². The molecule has 7 rings (SSSR count). The summed E-state index contributed by atoms with van der Waals surface area (Å²) >= 11 is 0. The molecule has 1 radical (unpaired) electrons. The molecule has 0 saturated heterocycles. The summed E-state index contributed by atoms with van der Waals surface area (Å²) in [6, 6.07) is 26.1. The Bertz CT molecular complexity index is 3680. The molecular formula is C43H31CuN9O13S3. The van der Waals surface area contributed by atoms with Gasteiger partial charge in [-0.1, -0.05) is 23.6 Å². The summed E-state index contributed by atoms with van der Waals surface area (Å²) in [5.74, 6) is -2.39. The van der Waals surface area contributed by atoms with Gasteiger partial charge in [-0.15, -0.1) is 5.11 Å². The van der Waals surface area contributed by atoms with Crippen LogP contribution in [-0.2, 0) is 47.4 Å². The largest absolute Gasteiger partial charge is 2.00 e. The van der Waals surface area contributed by atoms with Gasteiger partial charge in [0.05, 0.1) is 55.3 Å². The van der Waals surface area contributed by atoms with Crippen LogP contribution in [0.1, 0.15) is 16.7 Å². The second-order valence-corrected chi connectivity index (χ2v) is 18.6. The van der Waals surface area contributed by atoms with Crippen molar-refractivity contribution >= 4 is 98.2 Å². The standard InChI is InChI=1S/C43H33N9O13S3.Cu/c1-23-15-28(44-43(56)25-3-6-27(7-4-25)45-50-37-21-38(41(55)22-40(37)54)52-51-36-19-31(66(57,58)59)11-14-39(36)53)9-12-34(23)48-46-29-10-13-35(24(2)16-29)49-47-30-8-5-26-17-32(67(60,61)62)20-42(33(26)18-30)68(63,64)65;/h3-22,53-55H,1-2H3,(H,44,56)(H,57,58,59)(H,60,61,62)(H,63,64,65);/q;+2/p-2. The van der Waals surface area contributed by atoms with Gasteiger partial charge in [-0.2, -0.15) is 61.1 Å². The molecule has 0 heterocycles. The van der Waals surface area contributed by atoms with E-state index in [0.717, 1.165) is 36.4 Å². The van der Waals surface area contributed by atoms with Crippen molar-refractivity contribution in [1.82, 2.24) is 0 Å². The number of benzene rings is 7. The fraction of sp³-hybridized carbons (Fsp3) is 0.0465. The maximum Gasteiger partial charge on any atom is 2.00 e. The van der Waals surface area contributed by atoms with Crippen LogP contribution in [0.3, 0.4) is 0 Å². The zero-order valence-electron chi connectivity index (χ0n) is 35.1. The Balaban J connectivity index is 0.00000782. The zero-order chi connectivity index (χ0) is 49.1. The van der Waals surface area contributed by atoms with Crippen molar-refractivity contribution in [1.29, 1.82) is 0 Å². The van der Waals surface area contributed by atoms with Crippen molar-refractivity contribution in [2.75, 3.05) is 0 Å². The number of aliphatic imine (C=N–C) groups is 1. The van der Waals surface area contributed by atoms with E-state index in [1.54, 1.807) is 50.2 Å². The molecule has 0 amide bonds. The van der Waals surface area contributed by atoms with Crippen molar-refractivity contribution in [2.45, 2.75) is 28.5 Å². The molecule has 7 aromatic rings. The Kier molecular flexibility index (Phi) is 14.9. The van der Waals surface area contributed by atoms with Gasteiger partial charge in [-0.05, 0) is 140 Å². The van der Waals surface area contributed by atoms with E-state index in [0.29, 0.717) is 45.5 Å². The number of azo groups is 4. The maximum absolute atomic E-state index is 12.5. The third-order valence-corrected chi connectivity index (χ3v) is 12.1. The minimum Gasteiger partial charge on any atom is -0.871 e. The molecule has 7 aromatic carbocycles. The van der Waals surface area contributed by atoms with Crippen LogP contribution in [0.2, 0.25) is 0 Å². The molecule has 0 atom stereocenters. The van der Waals surface area contributed by atoms with Gasteiger partial charge in [0.15, 0.2) is 0 Å². The number of aromatic hydroxyl groups is 1. The fourth-order valence-corrected chi connectivity index (χ4v) is 7.94. The zero-order valence-corrected chi connectivity index (χ0v) is 38.5. The Morgan fingerprint density at radius 1 is 0.464 bits per heavy atom. The van der Waals surface area contributed by atoms with Crippen molar-refractivity contribution < 1.29 is 76.4 Å². The Hall–Kier alpha value is -7.68. The number of phenolic OH excluding ortho intramolecular Hbond substituents is 1. The summed E-state index contributed by atoms with van der Waals surface area (Å²) in [5.41, 5.74) is 2.91. The first-order valence-electron chi connectivity index (χ1n) is 19.1. The van der Waals surface area contributed by atoms with Crippen LogP contribution in [0.15, 0.2) is 182 Å². The van der Waals surface area contributed by atoms with E-state index in [9.17, 15) is 59.3 Å². The van der Waals surface area contributed by atoms with Gasteiger partial charge >= 0.3 is 17.1 Å². The molecule has 0 aliphatic carbocycles. The molecule has 0 fully saturated rings. The molecule has 0 spiro atoms. The molecule has 0 saturated carbocycles. The third kappa shape index (κ3) is 12.5. The van der Waals surface area contributed by atoms with Crippen LogP contribution in [0.4, 0.5) is 51.2 Å². The van der Waals surface area contributed by atoms with Gasteiger partial charge in [0.1, 0.15) is 16.3 Å². The summed E-state index contributed by atoms with van der Waals surface area (Å²) in [6.07, 6.45) is 0. The number of rotatable bonds is 13. The third-order valence-electron chi connectivity index (χ3n) is 9.54. The number of fused-ring (bicyclic) bond motifs is 1. The first kappa shape index (κ1) is 50.7. The molecule has 69 heavy (non-hydrogen) atoms. The number of aliphatic hydroxyl groups is 1. The number of hydrogen-bond acceptors (Lipinski definition) is 18.